The third-order valence-corrected chi connectivity index (χ3v) is 4.05. The van der Waals surface area contributed by atoms with E-state index in [2.05, 4.69) is 10.6 Å². The van der Waals surface area contributed by atoms with Crippen LogP contribution in [0, 0.1) is 11.8 Å². The number of rotatable bonds is 3. The van der Waals surface area contributed by atoms with Crippen LogP contribution in [-0.2, 0) is 14.4 Å². The minimum Gasteiger partial charge on any atom is -0.481 e. The lowest BCUT2D eigenvalue weighted by atomic mass is 9.84. The van der Waals surface area contributed by atoms with Crippen LogP contribution in [0.3, 0.4) is 0 Å². The van der Waals surface area contributed by atoms with Crippen LogP contribution in [0.25, 0.3) is 0 Å². The highest BCUT2D eigenvalue weighted by Gasteiger charge is 2.34. The lowest BCUT2D eigenvalue weighted by Crippen LogP contribution is -2.50. The predicted molar refractivity (Wildman–Crippen MR) is 67.3 cm³/mol. The molecule has 1 saturated heterocycles. The number of amides is 2. The summed E-state index contributed by atoms with van der Waals surface area (Å²) in [7, 11) is 0. The Morgan fingerprint density at radius 3 is 2.58 bits per heavy atom. The van der Waals surface area contributed by atoms with E-state index in [1.54, 1.807) is 0 Å². The highest BCUT2D eigenvalue weighted by molar-refractivity contribution is 5.84. The molecule has 6 nitrogen and oxygen atoms in total. The van der Waals surface area contributed by atoms with Crippen molar-refractivity contribution in [3.8, 4) is 0 Å². The molecule has 1 saturated carbocycles. The Morgan fingerprint density at radius 1 is 1.21 bits per heavy atom. The van der Waals surface area contributed by atoms with Crippen LogP contribution in [0.4, 0.5) is 0 Å². The number of hydrogen-bond donors (Lipinski definition) is 3. The average molecular weight is 268 g/mol. The van der Waals surface area contributed by atoms with Gasteiger partial charge in [0.1, 0.15) is 0 Å². The molecule has 3 unspecified atom stereocenters. The number of nitrogens with one attached hydrogen (secondary N) is 2. The monoisotopic (exact) mass is 268 g/mol. The molecular weight excluding hydrogens is 248 g/mol. The molecule has 106 valence electrons. The molecule has 1 aliphatic heterocycles. The molecule has 0 radical (unpaired) electrons. The number of carbonyl (C=O) groups excluding carboxylic acids is 2. The number of carbonyl (C=O) groups is 3. The molecule has 19 heavy (non-hydrogen) atoms. The maximum Gasteiger partial charge on any atom is 0.308 e. The van der Waals surface area contributed by atoms with Crippen LogP contribution < -0.4 is 10.6 Å². The zero-order valence-electron chi connectivity index (χ0n) is 10.9. The molecule has 2 aliphatic rings. The van der Waals surface area contributed by atoms with E-state index >= 15 is 0 Å². The van der Waals surface area contributed by atoms with E-state index in [0.29, 0.717) is 25.8 Å². The first-order valence-corrected chi connectivity index (χ1v) is 6.88. The smallest absolute Gasteiger partial charge is 0.308 e. The average Bonchev–Trinajstić information content (AvgIpc) is 2.39. The van der Waals surface area contributed by atoms with E-state index in [-0.39, 0.29) is 23.8 Å². The normalized spacial score (nSPS) is 31.4. The molecule has 0 aromatic heterocycles. The summed E-state index contributed by atoms with van der Waals surface area (Å²) < 4.78 is 0. The van der Waals surface area contributed by atoms with Crippen molar-refractivity contribution in [1.82, 2.24) is 10.6 Å². The first-order valence-electron chi connectivity index (χ1n) is 6.88. The fraction of sp³-hybridized carbons (Fsp3) is 0.769. The van der Waals surface area contributed by atoms with E-state index in [1.807, 2.05) is 0 Å². The van der Waals surface area contributed by atoms with Gasteiger partial charge in [0.15, 0.2) is 0 Å². The van der Waals surface area contributed by atoms with Crippen molar-refractivity contribution in [2.24, 2.45) is 11.8 Å². The molecule has 3 N–H and O–H groups in total. The molecule has 1 aliphatic carbocycles. The Labute approximate surface area is 111 Å². The quantitative estimate of drug-likeness (QED) is 0.684. The minimum atomic E-state index is -0.832. The minimum absolute atomic E-state index is 0.0230. The third-order valence-electron chi connectivity index (χ3n) is 4.05. The van der Waals surface area contributed by atoms with Crippen LogP contribution in [0.2, 0.25) is 0 Å². The van der Waals surface area contributed by atoms with Gasteiger partial charge in [0, 0.05) is 19.0 Å². The van der Waals surface area contributed by atoms with Crippen LogP contribution in [0.1, 0.15) is 38.5 Å². The molecule has 0 aromatic carbocycles. The number of carboxylic acid groups (broad SMARTS) is 1. The van der Waals surface area contributed by atoms with Gasteiger partial charge in [0.2, 0.25) is 11.8 Å². The van der Waals surface area contributed by atoms with Gasteiger partial charge in [0.25, 0.3) is 0 Å². The van der Waals surface area contributed by atoms with Gasteiger partial charge >= 0.3 is 5.97 Å². The Morgan fingerprint density at radius 2 is 1.95 bits per heavy atom. The van der Waals surface area contributed by atoms with Crippen molar-refractivity contribution >= 4 is 17.8 Å². The first-order chi connectivity index (χ1) is 9.08. The summed E-state index contributed by atoms with van der Waals surface area (Å²) in [5, 5.41) is 14.7. The fourth-order valence-corrected chi connectivity index (χ4v) is 2.86. The molecule has 2 rings (SSSR count). The Kier molecular flexibility index (Phi) is 4.39. The first kappa shape index (κ1) is 13.8. The summed E-state index contributed by atoms with van der Waals surface area (Å²) in [4.78, 5) is 34.3. The summed E-state index contributed by atoms with van der Waals surface area (Å²) >= 11 is 0. The summed E-state index contributed by atoms with van der Waals surface area (Å²) in [5.74, 6) is -1.69. The van der Waals surface area contributed by atoms with Gasteiger partial charge in [-0.3, -0.25) is 14.4 Å². The summed E-state index contributed by atoms with van der Waals surface area (Å²) in [5.41, 5.74) is 0. The zero-order valence-corrected chi connectivity index (χ0v) is 10.9. The summed E-state index contributed by atoms with van der Waals surface area (Å²) in [6.07, 6.45) is 4.12. The SMILES string of the molecule is O=C1CCC(C(=O)NC2CCCCC2C(=O)O)CN1. The van der Waals surface area contributed by atoms with Gasteiger partial charge in [0.05, 0.1) is 11.8 Å². The van der Waals surface area contributed by atoms with E-state index in [4.69, 9.17) is 5.11 Å². The standard InChI is InChI=1S/C13H20N2O4/c16-11-6-5-8(7-14-11)12(17)15-10-4-2-1-3-9(10)13(18)19/h8-10H,1-7H2,(H,14,16)(H,15,17)(H,18,19). The van der Waals surface area contributed by atoms with E-state index in [1.165, 1.54) is 0 Å². The van der Waals surface area contributed by atoms with Gasteiger partial charge in [-0.25, -0.2) is 0 Å². The third kappa shape index (κ3) is 3.45. The molecule has 3 atom stereocenters. The molecular formula is C13H20N2O4. The van der Waals surface area contributed by atoms with Crippen LogP contribution in [-0.4, -0.2) is 35.5 Å². The number of piperidine rings is 1. The molecule has 2 fully saturated rings. The second-order valence-electron chi connectivity index (χ2n) is 5.38. The highest BCUT2D eigenvalue weighted by atomic mass is 16.4. The lowest BCUT2D eigenvalue weighted by Gasteiger charge is -2.31. The maximum absolute atomic E-state index is 12.1. The van der Waals surface area contributed by atoms with Crippen molar-refractivity contribution in [1.29, 1.82) is 0 Å². The van der Waals surface area contributed by atoms with E-state index in [0.717, 1.165) is 19.3 Å². The Hall–Kier alpha value is -1.59. The Balaban J connectivity index is 1.89. The summed E-state index contributed by atoms with van der Waals surface area (Å²) in [6.45, 7) is 0.356. The van der Waals surface area contributed by atoms with Gasteiger partial charge < -0.3 is 15.7 Å². The van der Waals surface area contributed by atoms with Gasteiger partial charge in [-0.1, -0.05) is 12.8 Å². The molecule has 0 bridgehead atoms. The van der Waals surface area contributed by atoms with E-state index in [9.17, 15) is 14.4 Å². The topological polar surface area (TPSA) is 95.5 Å². The number of carboxylic acids is 1. The largest absolute Gasteiger partial charge is 0.481 e. The molecule has 6 heteroatoms. The lowest BCUT2D eigenvalue weighted by molar-refractivity contribution is -0.144. The van der Waals surface area contributed by atoms with Crippen LogP contribution in [0.15, 0.2) is 0 Å². The Bertz CT molecular complexity index is 373. The van der Waals surface area contributed by atoms with Crippen LogP contribution in [0.5, 0.6) is 0 Å². The fourth-order valence-electron chi connectivity index (χ4n) is 2.86. The molecule has 0 spiro atoms. The predicted octanol–water partition coefficient (Wildman–Crippen LogP) is 0.272. The van der Waals surface area contributed by atoms with Gasteiger partial charge in [-0.2, -0.15) is 0 Å². The molecule has 1 heterocycles. The number of aliphatic carboxylic acids is 1. The second kappa shape index (κ2) is 6.04. The van der Waals surface area contributed by atoms with Crippen molar-refractivity contribution in [3.05, 3.63) is 0 Å². The highest BCUT2D eigenvalue weighted by Crippen LogP contribution is 2.25. The maximum atomic E-state index is 12.1. The number of hydrogen-bond acceptors (Lipinski definition) is 3. The van der Waals surface area contributed by atoms with Crippen molar-refractivity contribution in [2.75, 3.05) is 6.54 Å². The molecule has 0 aromatic rings. The van der Waals surface area contributed by atoms with Gasteiger partial charge in [-0.15, -0.1) is 0 Å². The van der Waals surface area contributed by atoms with E-state index < -0.39 is 11.9 Å². The van der Waals surface area contributed by atoms with Crippen molar-refractivity contribution in [3.63, 3.8) is 0 Å². The zero-order chi connectivity index (χ0) is 13.8. The van der Waals surface area contributed by atoms with Gasteiger partial charge in [-0.05, 0) is 19.3 Å². The van der Waals surface area contributed by atoms with Crippen molar-refractivity contribution < 1.29 is 19.5 Å². The van der Waals surface area contributed by atoms with Crippen LogP contribution >= 0.6 is 0 Å². The summed E-state index contributed by atoms with van der Waals surface area (Å²) in [6, 6.07) is -0.267. The van der Waals surface area contributed by atoms with Crippen molar-refractivity contribution in [2.45, 2.75) is 44.6 Å². The second-order valence-corrected chi connectivity index (χ2v) is 5.38. The molecule has 2 amide bonds.